The first-order valence-electron chi connectivity index (χ1n) is 6.95. The highest BCUT2D eigenvalue weighted by Gasteiger charge is 2.40. The molecule has 17 heavy (non-hydrogen) atoms. The third kappa shape index (κ3) is 3.36. The Morgan fingerprint density at radius 2 is 2.12 bits per heavy atom. The topological polar surface area (TPSA) is 29.1 Å². The summed E-state index contributed by atoms with van der Waals surface area (Å²) in [6, 6.07) is 0.349. The Kier molecular flexibility index (Phi) is 4.72. The van der Waals surface area contributed by atoms with Gasteiger partial charge in [0.25, 0.3) is 0 Å². The number of halogens is 1. The lowest BCUT2D eigenvalue weighted by Crippen LogP contribution is -2.40. The maximum absolute atomic E-state index is 12.0. The van der Waals surface area contributed by atoms with Crippen LogP contribution in [0, 0.1) is 23.7 Å². The van der Waals surface area contributed by atoms with Crippen LogP contribution in [-0.2, 0) is 4.79 Å². The van der Waals surface area contributed by atoms with E-state index in [0.29, 0.717) is 17.9 Å². The minimum atomic E-state index is 0.290. The molecule has 4 unspecified atom stereocenters. The van der Waals surface area contributed by atoms with E-state index in [2.05, 4.69) is 41.8 Å². The van der Waals surface area contributed by atoms with Crippen molar-refractivity contribution < 1.29 is 4.79 Å². The molecule has 2 aliphatic carbocycles. The molecule has 2 bridgehead atoms. The Morgan fingerprint density at radius 3 is 2.59 bits per heavy atom. The molecule has 4 atom stereocenters. The van der Waals surface area contributed by atoms with Crippen LogP contribution in [0.4, 0.5) is 0 Å². The fourth-order valence-corrected chi connectivity index (χ4v) is 4.75. The second-order valence-corrected chi connectivity index (χ2v) is 7.09. The van der Waals surface area contributed by atoms with Gasteiger partial charge in [0.15, 0.2) is 0 Å². The number of carbonyl (C=O) groups excluding carboxylic acids is 1. The maximum Gasteiger partial charge on any atom is 0.220 e. The molecular weight excluding hydrogens is 325 g/mol. The number of rotatable bonds is 5. The SMILES string of the molecule is CC(C)C(CI)NC(=O)CC1CC2CCC1C2. The Bertz CT molecular complexity index is 279. The lowest BCUT2D eigenvalue weighted by Gasteiger charge is -2.24. The molecule has 98 valence electrons. The van der Waals surface area contributed by atoms with Crippen molar-refractivity contribution in [3.05, 3.63) is 0 Å². The molecule has 2 nitrogen and oxygen atoms in total. The Hall–Kier alpha value is 0.200. The Morgan fingerprint density at radius 1 is 1.35 bits per heavy atom. The van der Waals surface area contributed by atoms with Crippen LogP contribution in [0.3, 0.4) is 0 Å². The zero-order valence-corrected chi connectivity index (χ0v) is 13.1. The van der Waals surface area contributed by atoms with Crippen molar-refractivity contribution in [2.45, 2.75) is 52.0 Å². The van der Waals surface area contributed by atoms with Crippen molar-refractivity contribution in [3.63, 3.8) is 0 Å². The van der Waals surface area contributed by atoms with Crippen LogP contribution < -0.4 is 5.32 Å². The smallest absolute Gasteiger partial charge is 0.220 e. The van der Waals surface area contributed by atoms with Gasteiger partial charge in [0, 0.05) is 16.9 Å². The summed E-state index contributed by atoms with van der Waals surface area (Å²) in [5.74, 6) is 3.33. The first kappa shape index (κ1) is 13.6. The molecular formula is C14H24INO. The second-order valence-electron chi connectivity index (χ2n) is 6.21. The van der Waals surface area contributed by atoms with Gasteiger partial charge in [-0.2, -0.15) is 0 Å². The van der Waals surface area contributed by atoms with Gasteiger partial charge in [-0.1, -0.05) is 42.9 Å². The summed E-state index contributed by atoms with van der Waals surface area (Å²) in [7, 11) is 0. The summed E-state index contributed by atoms with van der Waals surface area (Å²) in [5.41, 5.74) is 0. The molecule has 0 spiro atoms. The lowest BCUT2D eigenvalue weighted by atomic mass is 9.86. The number of amides is 1. The molecule has 0 radical (unpaired) electrons. The number of alkyl halides is 1. The largest absolute Gasteiger partial charge is 0.352 e. The van der Waals surface area contributed by atoms with Crippen LogP contribution in [-0.4, -0.2) is 16.4 Å². The van der Waals surface area contributed by atoms with Crippen molar-refractivity contribution in [3.8, 4) is 0 Å². The van der Waals surface area contributed by atoms with Crippen LogP contribution >= 0.6 is 22.6 Å². The van der Waals surface area contributed by atoms with E-state index >= 15 is 0 Å². The van der Waals surface area contributed by atoms with Gasteiger partial charge >= 0.3 is 0 Å². The van der Waals surface area contributed by atoms with E-state index < -0.39 is 0 Å². The normalized spacial score (nSPS) is 33.1. The van der Waals surface area contributed by atoms with E-state index in [1.807, 2.05) is 0 Å². The van der Waals surface area contributed by atoms with Crippen LogP contribution in [0.25, 0.3) is 0 Å². The third-order valence-electron chi connectivity index (χ3n) is 4.65. The number of hydrogen-bond donors (Lipinski definition) is 1. The lowest BCUT2D eigenvalue weighted by molar-refractivity contribution is -0.123. The second kappa shape index (κ2) is 5.89. The molecule has 3 heteroatoms. The number of fused-ring (bicyclic) bond motifs is 2. The van der Waals surface area contributed by atoms with Crippen molar-refractivity contribution in [1.82, 2.24) is 5.32 Å². The molecule has 2 rings (SSSR count). The molecule has 0 aliphatic heterocycles. The Labute approximate surface area is 118 Å². The van der Waals surface area contributed by atoms with Gasteiger partial charge in [0.05, 0.1) is 0 Å². The van der Waals surface area contributed by atoms with E-state index in [-0.39, 0.29) is 5.91 Å². The monoisotopic (exact) mass is 349 g/mol. The average molecular weight is 349 g/mol. The highest BCUT2D eigenvalue weighted by molar-refractivity contribution is 14.1. The molecule has 2 fully saturated rings. The van der Waals surface area contributed by atoms with Gasteiger partial charge in [-0.15, -0.1) is 0 Å². The molecule has 1 amide bonds. The fourth-order valence-electron chi connectivity index (χ4n) is 3.51. The summed E-state index contributed by atoms with van der Waals surface area (Å²) >= 11 is 2.37. The van der Waals surface area contributed by atoms with Crippen molar-refractivity contribution >= 4 is 28.5 Å². The minimum absolute atomic E-state index is 0.290. The average Bonchev–Trinajstić information content (AvgIpc) is 2.87. The molecule has 0 aromatic carbocycles. The van der Waals surface area contributed by atoms with Crippen molar-refractivity contribution in [1.29, 1.82) is 0 Å². The third-order valence-corrected chi connectivity index (χ3v) is 5.60. The highest BCUT2D eigenvalue weighted by Crippen LogP contribution is 2.49. The number of carbonyl (C=O) groups is 1. The van der Waals surface area contributed by atoms with Crippen LogP contribution in [0.2, 0.25) is 0 Å². The number of hydrogen-bond acceptors (Lipinski definition) is 1. The molecule has 1 N–H and O–H groups in total. The van der Waals surface area contributed by atoms with E-state index in [1.54, 1.807) is 0 Å². The zero-order valence-electron chi connectivity index (χ0n) is 10.9. The van der Waals surface area contributed by atoms with Crippen LogP contribution in [0.15, 0.2) is 0 Å². The number of nitrogens with one attached hydrogen (secondary N) is 1. The molecule has 2 saturated carbocycles. The fraction of sp³-hybridized carbons (Fsp3) is 0.929. The van der Waals surface area contributed by atoms with E-state index in [4.69, 9.17) is 0 Å². The van der Waals surface area contributed by atoms with Crippen molar-refractivity contribution in [2.75, 3.05) is 4.43 Å². The quantitative estimate of drug-likeness (QED) is 0.598. The van der Waals surface area contributed by atoms with Gasteiger partial charge < -0.3 is 5.32 Å². The summed E-state index contributed by atoms with van der Waals surface area (Å²) in [6.45, 7) is 4.36. The van der Waals surface area contributed by atoms with Gasteiger partial charge in [0.2, 0.25) is 5.91 Å². The first-order chi connectivity index (χ1) is 8.10. The molecule has 0 aromatic heterocycles. The van der Waals surface area contributed by atoms with Crippen LogP contribution in [0.1, 0.15) is 46.0 Å². The Balaban J connectivity index is 1.77. The van der Waals surface area contributed by atoms with E-state index in [1.165, 1.54) is 25.7 Å². The predicted octanol–water partition coefficient (Wildman–Crippen LogP) is 3.39. The van der Waals surface area contributed by atoms with Gasteiger partial charge in [-0.3, -0.25) is 4.79 Å². The van der Waals surface area contributed by atoms with Crippen LogP contribution in [0.5, 0.6) is 0 Å². The zero-order chi connectivity index (χ0) is 12.4. The summed E-state index contributed by atoms with van der Waals surface area (Å²) in [5, 5.41) is 3.21. The van der Waals surface area contributed by atoms with Gasteiger partial charge in [-0.05, 0) is 42.9 Å². The standard InChI is InChI=1S/C14H24INO/c1-9(2)13(8-15)16-14(17)7-12-6-10-3-4-11(12)5-10/h9-13H,3-8H2,1-2H3,(H,16,17). The molecule has 2 aliphatic rings. The highest BCUT2D eigenvalue weighted by atomic mass is 127. The first-order valence-corrected chi connectivity index (χ1v) is 8.48. The predicted molar refractivity (Wildman–Crippen MR) is 79.2 cm³/mol. The molecule has 0 saturated heterocycles. The van der Waals surface area contributed by atoms with E-state index in [9.17, 15) is 4.79 Å². The van der Waals surface area contributed by atoms with Gasteiger partial charge in [0.1, 0.15) is 0 Å². The van der Waals surface area contributed by atoms with Crippen molar-refractivity contribution in [2.24, 2.45) is 23.7 Å². The maximum atomic E-state index is 12.0. The molecule has 0 heterocycles. The van der Waals surface area contributed by atoms with E-state index in [0.717, 1.165) is 22.7 Å². The molecule has 0 aromatic rings. The summed E-state index contributed by atoms with van der Waals surface area (Å²) in [6.07, 6.45) is 6.29. The minimum Gasteiger partial charge on any atom is -0.352 e. The van der Waals surface area contributed by atoms with Gasteiger partial charge in [-0.25, -0.2) is 0 Å². The summed E-state index contributed by atoms with van der Waals surface area (Å²) in [4.78, 5) is 12.0. The summed E-state index contributed by atoms with van der Waals surface area (Å²) < 4.78 is 1.01.